The summed E-state index contributed by atoms with van der Waals surface area (Å²) in [4.78, 5) is 34.4. The van der Waals surface area contributed by atoms with Gasteiger partial charge < -0.3 is 25.0 Å². The van der Waals surface area contributed by atoms with Crippen LogP contribution in [0.5, 0.6) is 6.01 Å². The number of hydrogen-bond donors (Lipinski definition) is 2. The standard InChI is InChI=1S/C24H24FN7O3S.C7H12FN/c1-35-24-27-15-7-16(13-5-6-14(25)20-19(13)28-23(26)36-20)31(11-3-2-4-11)22(34)18(15)21(29-24)32-12(10-33)8-30-9-17(30)32;8-6-4-7-2-1-3-9(7)5-6/h5-7,11-12,17,33H,2-4,8-10H2,1H3,(H2,26,28);6-7H,1-5H2. The summed E-state index contributed by atoms with van der Waals surface area (Å²) in [5, 5.41) is 10.7. The van der Waals surface area contributed by atoms with E-state index >= 15 is 0 Å². The van der Waals surface area contributed by atoms with Gasteiger partial charge >= 0.3 is 6.01 Å². The molecule has 5 unspecified atom stereocenters. The summed E-state index contributed by atoms with van der Waals surface area (Å²) in [5.74, 6) is 0.0818. The molecule has 5 aliphatic rings. The van der Waals surface area contributed by atoms with Gasteiger partial charge in [0.15, 0.2) is 10.9 Å². The Bertz CT molecular complexity index is 1840. The topological polar surface area (TPSA) is 126 Å². The number of aliphatic hydroxyl groups excluding tert-OH is 1. The maximum absolute atomic E-state index is 14.6. The van der Waals surface area contributed by atoms with Crippen molar-refractivity contribution in [2.45, 2.75) is 69.0 Å². The summed E-state index contributed by atoms with van der Waals surface area (Å²) in [5.41, 5.74) is 7.84. The zero-order valence-electron chi connectivity index (χ0n) is 25.0. The van der Waals surface area contributed by atoms with Crippen LogP contribution in [0.15, 0.2) is 23.0 Å². The predicted octanol–water partition coefficient (Wildman–Crippen LogP) is 3.54. The number of fused-ring (bicyclic) bond motifs is 4. The minimum Gasteiger partial charge on any atom is -0.467 e. The van der Waals surface area contributed by atoms with Crippen LogP contribution in [0.25, 0.3) is 32.4 Å². The highest BCUT2D eigenvalue weighted by Gasteiger charge is 2.51. The van der Waals surface area contributed by atoms with Crippen LogP contribution in [-0.2, 0) is 0 Å². The van der Waals surface area contributed by atoms with Crippen LogP contribution < -0.4 is 20.9 Å². The van der Waals surface area contributed by atoms with Gasteiger partial charge in [0.25, 0.3) is 5.56 Å². The number of pyridine rings is 1. The molecule has 1 aromatic carbocycles. The van der Waals surface area contributed by atoms with Gasteiger partial charge in [-0.2, -0.15) is 9.97 Å². The molecule has 0 radical (unpaired) electrons. The third-order valence-corrected chi connectivity index (χ3v) is 10.9. The third-order valence-electron chi connectivity index (χ3n) is 10.0. The molecular weight excluding hydrogens is 602 g/mol. The number of methoxy groups -OCH3 is 1. The Hall–Kier alpha value is -3.46. The minimum atomic E-state index is -0.518. The molecular formula is C31H36F2N8O3S. The van der Waals surface area contributed by atoms with Crippen LogP contribution in [0, 0.1) is 5.82 Å². The van der Waals surface area contributed by atoms with Gasteiger partial charge in [0, 0.05) is 37.3 Å². The second-order valence-electron chi connectivity index (χ2n) is 12.7. The van der Waals surface area contributed by atoms with E-state index in [-0.39, 0.29) is 41.6 Å². The lowest BCUT2D eigenvalue weighted by molar-refractivity contribution is 0.261. The van der Waals surface area contributed by atoms with Crippen molar-refractivity contribution in [2.24, 2.45) is 0 Å². The van der Waals surface area contributed by atoms with Crippen LogP contribution in [0.2, 0.25) is 0 Å². The Kier molecular flexibility index (Phi) is 7.15. The monoisotopic (exact) mass is 638 g/mol. The van der Waals surface area contributed by atoms with Crippen LogP contribution in [0.1, 0.15) is 44.6 Å². The summed E-state index contributed by atoms with van der Waals surface area (Å²) in [6.45, 7) is 3.38. The predicted molar refractivity (Wildman–Crippen MR) is 169 cm³/mol. The second kappa shape index (κ2) is 11.1. The van der Waals surface area contributed by atoms with Gasteiger partial charge in [-0.3, -0.25) is 14.6 Å². The number of alkyl halides is 1. The molecule has 238 valence electrons. The van der Waals surface area contributed by atoms with E-state index in [1.54, 1.807) is 10.6 Å². The largest absolute Gasteiger partial charge is 0.467 e. The first-order chi connectivity index (χ1) is 21.8. The highest BCUT2D eigenvalue weighted by Crippen LogP contribution is 2.42. The number of piperazine rings is 1. The fourth-order valence-corrected chi connectivity index (χ4v) is 8.35. The molecule has 11 nitrogen and oxygen atoms in total. The van der Waals surface area contributed by atoms with Gasteiger partial charge in [-0.05, 0) is 63.3 Å². The summed E-state index contributed by atoms with van der Waals surface area (Å²) in [6.07, 6.45) is 5.67. The lowest BCUT2D eigenvalue weighted by Gasteiger charge is -2.31. The molecule has 5 atom stereocenters. The maximum atomic E-state index is 14.6. The number of nitrogens with zero attached hydrogens (tertiary/aromatic N) is 7. The smallest absolute Gasteiger partial charge is 0.318 e. The van der Waals surface area contributed by atoms with E-state index < -0.39 is 12.0 Å². The van der Waals surface area contributed by atoms with Crippen molar-refractivity contribution in [1.29, 1.82) is 0 Å². The molecule has 7 heterocycles. The highest BCUT2D eigenvalue weighted by molar-refractivity contribution is 7.22. The normalized spacial score (nSPS) is 27.4. The molecule has 0 amide bonds. The molecule has 5 fully saturated rings. The van der Waals surface area contributed by atoms with Crippen LogP contribution >= 0.6 is 11.3 Å². The van der Waals surface area contributed by atoms with Gasteiger partial charge in [-0.1, -0.05) is 11.3 Å². The molecule has 0 bridgehead atoms. The number of anilines is 2. The fourth-order valence-electron chi connectivity index (χ4n) is 7.59. The highest BCUT2D eigenvalue weighted by atomic mass is 32.1. The third kappa shape index (κ3) is 4.84. The fraction of sp³-hybridized carbons (Fsp3) is 0.548. The van der Waals surface area contributed by atoms with Crippen molar-refractivity contribution in [1.82, 2.24) is 29.3 Å². The van der Waals surface area contributed by atoms with Crippen molar-refractivity contribution >= 4 is 43.4 Å². The van der Waals surface area contributed by atoms with Gasteiger partial charge in [0.05, 0.1) is 47.4 Å². The number of ether oxygens (including phenoxy) is 1. The number of benzene rings is 1. The van der Waals surface area contributed by atoms with Crippen LogP contribution in [-0.4, -0.2) is 98.7 Å². The zero-order valence-corrected chi connectivity index (χ0v) is 25.8. The number of nitrogen functional groups attached to an aromatic ring is 1. The molecule has 0 spiro atoms. The van der Waals surface area contributed by atoms with E-state index in [4.69, 9.17) is 10.5 Å². The molecule has 3 N–H and O–H groups in total. The lowest BCUT2D eigenvalue weighted by Crippen LogP contribution is -2.40. The van der Waals surface area contributed by atoms with Crippen molar-refractivity contribution in [2.75, 3.05) is 50.5 Å². The molecule has 1 saturated carbocycles. The summed E-state index contributed by atoms with van der Waals surface area (Å²) in [7, 11) is 1.49. The Morgan fingerprint density at radius 1 is 1.09 bits per heavy atom. The maximum Gasteiger partial charge on any atom is 0.318 e. The second-order valence-corrected chi connectivity index (χ2v) is 13.7. The number of aromatic nitrogens is 4. The van der Waals surface area contributed by atoms with Gasteiger partial charge in [-0.15, -0.1) is 0 Å². The van der Waals surface area contributed by atoms with E-state index in [1.807, 2.05) is 11.0 Å². The SMILES string of the molecule is COc1nc(N2C(CO)CN3CC32)c2c(=O)n(C3CCC3)c(-c3ccc(F)c4sc(N)nc34)cc2n1.FC1CC2CCCN2C1. The van der Waals surface area contributed by atoms with E-state index in [0.717, 1.165) is 50.1 Å². The van der Waals surface area contributed by atoms with E-state index in [1.165, 1.54) is 26.0 Å². The summed E-state index contributed by atoms with van der Waals surface area (Å²) in [6, 6.07) is 5.47. The Labute approximate surface area is 262 Å². The molecule has 45 heavy (non-hydrogen) atoms. The van der Waals surface area contributed by atoms with Gasteiger partial charge in [0.1, 0.15) is 17.4 Å². The number of halogens is 2. The Balaban J connectivity index is 0.000000286. The van der Waals surface area contributed by atoms with Crippen molar-refractivity contribution in [3.8, 4) is 17.3 Å². The molecule has 3 aromatic heterocycles. The Morgan fingerprint density at radius 2 is 1.91 bits per heavy atom. The van der Waals surface area contributed by atoms with Crippen LogP contribution in [0.3, 0.4) is 0 Å². The van der Waals surface area contributed by atoms with Crippen LogP contribution in [0.4, 0.5) is 19.7 Å². The molecule has 4 aromatic rings. The number of hydrogen-bond acceptors (Lipinski definition) is 11. The molecule has 14 heteroatoms. The summed E-state index contributed by atoms with van der Waals surface area (Å²) < 4.78 is 34.7. The molecule has 9 rings (SSSR count). The van der Waals surface area contributed by atoms with Crippen molar-refractivity contribution in [3.63, 3.8) is 0 Å². The number of aliphatic hydroxyl groups is 1. The average Bonchev–Trinajstić information content (AvgIpc) is 3.34. The first-order valence-corrected chi connectivity index (χ1v) is 16.5. The van der Waals surface area contributed by atoms with E-state index in [9.17, 15) is 18.7 Å². The molecule has 1 aliphatic carbocycles. The van der Waals surface area contributed by atoms with E-state index in [0.29, 0.717) is 57.3 Å². The molecule has 4 aliphatic heterocycles. The number of thiazole rings is 1. The van der Waals surface area contributed by atoms with Crippen molar-refractivity contribution < 1.29 is 18.6 Å². The first-order valence-electron chi connectivity index (χ1n) is 15.7. The van der Waals surface area contributed by atoms with E-state index in [2.05, 4.69) is 24.8 Å². The molecule has 4 saturated heterocycles. The average molecular weight is 639 g/mol. The zero-order chi connectivity index (χ0) is 31.0. The first kappa shape index (κ1) is 29.0. The quantitative estimate of drug-likeness (QED) is 0.314. The van der Waals surface area contributed by atoms with Gasteiger partial charge in [0.2, 0.25) is 0 Å². The number of nitrogens with two attached hydrogens (primary N) is 1. The summed E-state index contributed by atoms with van der Waals surface area (Å²) >= 11 is 1.09. The lowest BCUT2D eigenvalue weighted by atomic mass is 9.91. The number of rotatable bonds is 5. The van der Waals surface area contributed by atoms with Gasteiger partial charge in [-0.25, -0.2) is 13.8 Å². The minimum absolute atomic E-state index is 0.00702. The Morgan fingerprint density at radius 3 is 2.64 bits per heavy atom. The van der Waals surface area contributed by atoms with Crippen molar-refractivity contribution in [3.05, 3.63) is 34.4 Å².